The smallest absolute Gasteiger partial charge is 0.249 e. The Kier molecular flexibility index (Phi) is 6.28. The van der Waals surface area contributed by atoms with Crippen LogP contribution in [0.15, 0.2) is 35.0 Å². The van der Waals surface area contributed by atoms with Gasteiger partial charge in [0, 0.05) is 42.7 Å². The van der Waals surface area contributed by atoms with Crippen molar-refractivity contribution in [2.24, 2.45) is 0 Å². The number of anilines is 1. The van der Waals surface area contributed by atoms with Gasteiger partial charge in [0.25, 0.3) is 0 Å². The van der Waals surface area contributed by atoms with Crippen LogP contribution in [-0.2, 0) is 0 Å². The first-order chi connectivity index (χ1) is 14.2. The van der Waals surface area contributed by atoms with Gasteiger partial charge in [0.1, 0.15) is 11.0 Å². The van der Waals surface area contributed by atoms with Gasteiger partial charge < -0.3 is 14.5 Å². The molecule has 1 aliphatic rings. The van der Waals surface area contributed by atoms with Gasteiger partial charge in [-0.15, -0.1) is 11.3 Å². The Morgan fingerprint density at radius 2 is 1.76 bits per heavy atom. The number of hydrogen-bond donors (Lipinski definition) is 0. The molecular weight excluding hydrogens is 380 g/mol. The zero-order valence-electron chi connectivity index (χ0n) is 17.0. The van der Waals surface area contributed by atoms with Crippen molar-refractivity contribution in [3.8, 4) is 17.7 Å². The number of nitrogens with zero attached hydrogens (tertiary/aromatic N) is 4. The molecule has 0 aliphatic carbocycles. The molecule has 0 N–H and O–H groups in total. The van der Waals surface area contributed by atoms with E-state index in [0.717, 1.165) is 35.2 Å². The molecule has 6 heteroatoms. The molecule has 4 rings (SSSR count). The molecule has 1 aromatic carbocycles. The topological polar surface area (TPSA) is 41.5 Å². The molecular formula is C23H26N4OS. The number of fused-ring (bicyclic) bond motifs is 1. The van der Waals surface area contributed by atoms with Gasteiger partial charge in [0.15, 0.2) is 5.69 Å². The minimum absolute atomic E-state index is 0.537. The lowest BCUT2D eigenvalue weighted by atomic mass is 10.2. The molecule has 3 aromatic rings. The fourth-order valence-electron chi connectivity index (χ4n) is 3.40. The molecule has 0 spiro atoms. The highest BCUT2D eigenvalue weighted by molar-refractivity contribution is 7.09. The number of aromatic nitrogens is 2. The fraction of sp³-hybridized carbons (Fsp3) is 0.391. The predicted molar refractivity (Wildman–Crippen MR) is 120 cm³/mol. The second-order valence-corrected chi connectivity index (χ2v) is 8.21. The Bertz CT molecular complexity index is 1010. The fourth-order valence-corrected chi connectivity index (χ4v) is 4.07. The van der Waals surface area contributed by atoms with E-state index in [9.17, 15) is 0 Å². The summed E-state index contributed by atoms with van der Waals surface area (Å²) >= 11 is 1.59. The van der Waals surface area contributed by atoms with Crippen molar-refractivity contribution < 1.29 is 4.74 Å². The number of thiophene rings is 1. The maximum Gasteiger partial charge on any atom is 0.249 e. The van der Waals surface area contributed by atoms with Crippen LogP contribution in [0, 0.1) is 11.8 Å². The highest BCUT2D eigenvalue weighted by Crippen LogP contribution is 2.22. The molecule has 0 unspecified atom stereocenters. The van der Waals surface area contributed by atoms with Crippen molar-refractivity contribution >= 4 is 28.1 Å². The highest BCUT2D eigenvalue weighted by atomic mass is 32.1. The van der Waals surface area contributed by atoms with Crippen LogP contribution in [-0.4, -0.2) is 55.2 Å². The van der Waals surface area contributed by atoms with E-state index < -0.39 is 0 Å². The average Bonchev–Trinajstić information content (AvgIpc) is 3.41. The lowest BCUT2D eigenvalue weighted by Gasteiger charge is -2.14. The molecule has 2 aromatic heterocycles. The Balaban J connectivity index is 1.49. The minimum Gasteiger partial charge on any atom is -0.476 e. The van der Waals surface area contributed by atoms with E-state index in [-0.39, 0.29) is 0 Å². The van der Waals surface area contributed by atoms with E-state index in [2.05, 4.69) is 43.7 Å². The zero-order chi connectivity index (χ0) is 20.1. The van der Waals surface area contributed by atoms with Gasteiger partial charge in [-0.3, -0.25) is 0 Å². The third-order valence-electron chi connectivity index (χ3n) is 5.04. The monoisotopic (exact) mass is 406 g/mol. The Morgan fingerprint density at radius 3 is 2.48 bits per heavy atom. The Labute approximate surface area is 176 Å². The van der Waals surface area contributed by atoms with E-state index in [1.807, 2.05) is 37.0 Å². The molecule has 5 nitrogen and oxygen atoms in total. The molecule has 0 amide bonds. The molecule has 150 valence electrons. The highest BCUT2D eigenvalue weighted by Gasteiger charge is 2.12. The lowest BCUT2D eigenvalue weighted by molar-refractivity contribution is 0.256. The third kappa shape index (κ3) is 5.06. The number of rotatable bonds is 6. The van der Waals surface area contributed by atoms with Gasteiger partial charge in [0.05, 0.1) is 6.61 Å². The van der Waals surface area contributed by atoms with Crippen LogP contribution in [0.2, 0.25) is 0 Å². The summed E-state index contributed by atoms with van der Waals surface area (Å²) in [6, 6.07) is 8.17. The van der Waals surface area contributed by atoms with E-state index in [1.165, 1.54) is 25.9 Å². The third-order valence-corrected chi connectivity index (χ3v) is 5.76. The molecule has 0 atom stereocenters. The molecule has 1 fully saturated rings. The van der Waals surface area contributed by atoms with Gasteiger partial charge in [0.2, 0.25) is 5.88 Å². The van der Waals surface area contributed by atoms with E-state index in [4.69, 9.17) is 4.74 Å². The van der Waals surface area contributed by atoms with E-state index >= 15 is 0 Å². The van der Waals surface area contributed by atoms with Crippen LogP contribution in [0.1, 0.15) is 30.5 Å². The van der Waals surface area contributed by atoms with Crippen molar-refractivity contribution in [3.05, 3.63) is 46.3 Å². The van der Waals surface area contributed by atoms with Gasteiger partial charge >= 0.3 is 0 Å². The number of benzene rings is 1. The molecule has 3 heterocycles. The summed E-state index contributed by atoms with van der Waals surface area (Å²) in [7, 11) is 4.05. The lowest BCUT2D eigenvalue weighted by Crippen LogP contribution is -2.22. The van der Waals surface area contributed by atoms with Crippen LogP contribution in [0.4, 0.5) is 5.69 Å². The molecule has 0 radical (unpaired) electrons. The largest absolute Gasteiger partial charge is 0.476 e. The number of ether oxygens (including phenoxy) is 1. The summed E-state index contributed by atoms with van der Waals surface area (Å²) in [5.41, 5.74) is 4.44. The summed E-state index contributed by atoms with van der Waals surface area (Å²) in [5, 5.41) is 3.99. The zero-order valence-corrected chi connectivity index (χ0v) is 17.8. The number of hydrogen-bond acceptors (Lipinski definition) is 6. The van der Waals surface area contributed by atoms with Gasteiger partial charge in [-0.2, -0.15) is 0 Å². The molecule has 0 bridgehead atoms. The maximum atomic E-state index is 6.01. The summed E-state index contributed by atoms with van der Waals surface area (Å²) in [4.78, 5) is 13.9. The SMILES string of the molecule is CN(C)c1ccc(C#Cc2nc3cscc3nc2OCCCN2CCCC2)cc1. The summed E-state index contributed by atoms with van der Waals surface area (Å²) in [6.07, 6.45) is 3.62. The van der Waals surface area contributed by atoms with Crippen LogP contribution in [0.5, 0.6) is 5.88 Å². The second kappa shape index (κ2) is 9.25. The Hall–Kier alpha value is -2.62. The predicted octanol–water partition coefficient (Wildman–Crippen LogP) is 4.02. The van der Waals surface area contributed by atoms with Crippen LogP contribution >= 0.6 is 11.3 Å². The first kappa shape index (κ1) is 19.7. The first-order valence-electron chi connectivity index (χ1n) is 10.1. The van der Waals surface area contributed by atoms with Gasteiger partial charge in [-0.1, -0.05) is 5.92 Å². The van der Waals surface area contributed by atoms with Crippen molar-refractivity contribution in [1.29, 1.82) is 0 Å². The van der Waals surface area contributed by atoms with Crippen LogP contribution in [0.3, 0.4) is 0 Å². The second-order valence-electron chi connectivity index (χ2n) is 7.46. The van der Waals surface area contributed by atoms with Crippen LogP contribution in [0.25, 0.3) is 11.0 Å². The molecule has 29 heavy (non-hydrogen) atoms. The van der Waals surface area contributed by atoms with Crippen molar-refractivity contribution in [2.75, 3.05) is 45.2 Å². The van der Waals surface area contributed by atoms with E-state index in [0.29, 0.717) is 18.2 Å². The van der Waals surface area contributed by atoms with Crippen molar-refractivity contribution in [3.63, 3.8) is 0 Å². The maximum absolute atomic E-state index is 6.01. The summed E-state index contributed by atoms with van der Waals surface area (Å²) in [5.74, 6) is 6.91. The number of likely N-dealkylation sites (tertiary alicyclic amines) is 1. The Morgan fingerprint density at radius 1 is 1.03 bits per heavy atom. The molecule has 0 saturated carbocycles. The average molecular weight is 407 g/mol. The van der Waals surface area contributed by atoms with Gasteiger partial charge in [-0.05, 0) is 62.5 Å². The van der Waals surface area contributed by atoms with Crippen LogP contribution < -0.4 is 9.64 Å². The van der Waals surface area contributed by atoms with Crippen molar-refractivity contribution in [1.82, 2.24) is 14.9 Å². The normalized spacial score (nSPS) is 14.0. The summed E-state index contributed by atoms with van der Waals surface area (Å²) < 4.78 is 6.01. The minimum atomic E-state index is 0.537. The van der Waals surface area contributed by atoms with Crippen molar-refractivity contribution in [2.45, 2.75) is 19.3 Å². The standard InChI is InChI=1S/C23H26N4OS/c1-26(2)19-9-6-18(7-10-19)8-11-20-23(25-22-17-29-16-21(22)24-20)28-15-5-14-27-12-3-4-13-27/h6-7,9-10,16-17H,3-5,12-15H2,1-2H3. The van der Waals surface area contributed by atoms with Gasteiger partial charge in [-0.25, -0.2) is 9.97 Å². The van der Waals surface area contributed by atoms with E-state index in [1.54, 1.807) is 11.3 Å². The first-order valence-corrected chi connectivity index (χ1v) is 11.0. The molecule has 1 saturated heterocycles. The quantitative estimate of drug-likeness (QED) is 0.457. The summed E-state index contributed by atoms with van der Waals surface area (Å²) in [6.45, 7) is 4.13. The molecule has 1 aliphatic heterocycles.